The summed E-state index contributed by atoms with van der Waals surface area (Å²) < 4.78 is 0. The van der Waals surface area contributed by atoms with Gasteiger partial charge in [-0.2, -0.15) is 5.26 Å². The van der Waals surface area contributed by atoms with Crippen LogP contribution in [-0.2, 0) is 6.54 Å². The van der Waals surface area contributed by atoms with Gasteiger partial charge in [-0.15, -0.1) is 0 Å². The van der Waals surface area contributed by atoms with Crippen LogP contribution in [0.3, 0.4) is 0 Å². The maximum absolute atomic E-state index is 8.69. The van der Waals surface area contributed by atoms with Crippen molar-refractivity contribution in [3.05, 3.63) is 35.4 Å². The smallest absolute Gasteiger partial charge is 0.0991 e. The topological polar surface area (TPSA) is 35.8 Å². The number of nitrogens with one attached hydrogen (secondary N) is 1. The van der Waals surface area contributed by atoms with Gasteiger partial charge in [0, 0.05) is 12.6 Å². The van der Waals surface area contributed by atoms with Crippen LogP contribution < -0.4 is 5.32 Å². The fourth-order valence-electron chi connectivity index (χ4n) is 2.08. The van der Waals surface area contributed by atoms with Crippen molar-refractivity contribution in [3.8, 4) is 6.07 Å². The Labute approximate surface area is 97.3 Å². The summed E-state index contributed by atoms with van der Waals surface area (Å²) in [4.78, 5) is 0. The molecule has 84 valence electrons. The monoisotopic (exact) mass is 214 g/mol. The minimum atomic E-state index is 0.615. The summed E-state index contributed by atoms with van der Waals surface area (Å²) in [6.45, 7) is 3.18. The van der Waals surface area contributed by atoms with Crippen molar-refractivity contribution in [3.63, 3.8) is 0 Å². The van der Waals surface area contributed by atoms with Crippen LogP contribution in [-0.4, -0.2) is 6.04 Å². The zero-order chi connectivity index (χ0) is 11.4. The molecule has 0 spiro atoms. The first-order valence-corrected chi connectivity index (χ1v) is 6.02. The molecule has 1 atom stereocenters. The molecule has 1 aromatic rings. The molecule has 0 heterocycles. The van der Waals surface area contributed by atoms with Gasteiger partial charge in [-0.1, -0.05) is 18.6 Å². The number of nitrogens with zero attached hydrogens (tertiary/aromatic N) is 1. The average molecular weight is 214 g/mol. The fourth-order valence-corrected chi connectivity index (χ4v) is 2.08. The minimum absolute atomic E-state index is 0.615. The van der Waals surface area contributed by atoms with Gasteiger partial charge in [-0.3, -0.25) is 0 Å². The van der Waals surface area contributed by atoms with E-state index >= 15 is 0 Å². The van der Waals surface area contributed by atoms with Crippen molar-refractivity contribution in [2.75, 3.05) is 0 Å². The highest BCUT2D eigenvalue weighted by Gasteiger charge is 2.23. The molecule has 1 saturated carbocycles. The summed E-state index contributed by atoms with van der Waals surface area (Å²) in [5.74, 6) is 0.874. The molecule has 1 aliphatic rings. The van der Waals surface area contributed by atoms with Gasteiger partial charge >= 0.3 is 0 Å². The van der Waals surface area contributed by atoms with Gasteiger partial charge in [0.05, 0.1) is 11.6 Å². The van der Waals surface area contributed by atoms with E-state index in [0.29, 0.717) is 6.04 Å². The predicted octanol–water partition coefficient (Wildman–Crippen LogP) is 2.84. The summed E-state index contributed by atoms with van der Waals surface area (Å²) in [6, 6.07) is 10.6. The molecule has 0 radical (unpaired) electrons. The fraction of sp³-hybridized carbons (Fsp3) is 0.500. The van der Waals surface area contributed by atoms with Gasteiger partial charge in [-0.25, -0.2) is 0 Å². The van der Waals surface area contributed by atoms with Crippen molar-refractivity contribution in [2.24, 2.45) is 5.92 Å². The normalized spacial score (nSPS) is 17.5. The molecule has 0 aromatic heterocycles. The van der Waals surface area contributed by atoms with Gasteiger partial charge in [0.15, 0.2) is 0 Å². The largest absolute Gasteiger partial charge is 0.310 e. The highest BCUT2D eigenvalue weighted by Crippen LogP contribution is 2.29. The van der Waals surface area contributed by atoms with Gasteiger partial charge in [-0.05, 0) is 43.4 Å². The van der Waals surface area contributed by atoms with E-state index in [1.54, 1.807) is 0 Å². The van der Waals surface area contributed by atoms with Crippen LogP contribution in [0.1, 0.15) is 37.3 Å². The third kappa shape index (κ3) is 2.62. The van der Waals surface area contributed by atoms with Gasteiger partial charge < -0.3 is 5.32 Å². The van der Waals surface area contributed by atoms with Crippen molar-refractivity contribution < 1.29 is 0 Å². The first-order valence-electron chi connectivity index (χ1n) is 6.02. The maximum Gasteiger partial charge on any atom is 0.0991 e. The predicted molar refractivity (Wildman–Crippen MR) is 64.8 cm³/mol. The van der Waals surface area contributed by atoms with Crippen molar-refractivity contribution in [2.45, 2.75) is 38.8 Å². The Morgan fingerprint density at radius 2 is 2.06 bits per heavy atom. The van der Waals surface area contributed by atoms with Crippen LogP contribution in [0, 0.1) is 17.2 Å². The quantitative estimate of drug-likeness (QED) is 0.836. The number of rotatable bonds is 4. The Kier molecular flexibility index (Phi) is 3.58. The third-order valence-corrected chi connectivity index (χ3v) is 3.57. The second-order valence-corrected chi connectivity index (χ2v) is 4.67. The van der Waals surface area contributed by atoms with Crippen molar-refractivity contribution in [1.29, 1.82) is 5.26 Å². The summed E-state index contributed by atoms with van der Waals surface area (Å²) in [7, 11) is 0. The van der Waals surface area contributed by atoms with Crippen molar-refractivity contribution >= 4 is 0 Å². The van der Waals surface area contributed by atoms with Crippen LogP contribution in [0.15, 0.2) is 24.3 Å². The molecule has 1 N–H and O–H groups in total. The van der Waals surface area contributed by atoms with E-state index in [1.165, 1.54) is 24.8 Å². The lowest BCUT2D eigenvalue weighted by Crippen LogP contribution is -2.36. The molecule has 2 heteroatoms. The lowest BCUT2D eigenvalue weighted by molar-refractivity contribution is 0.240. The van der Waals surface area contributed by atoms with Gasteiger partial charge in [0.1, 0.15) is 0 Å². The number of nitriles is 1. The summed E-state index contributed by atoms with van der Waals surface area (Å²) >= 11 is 0. The van der Waals surface area contributed by atoms with Crippen LogP contribution in [0.5, 0.6) is 0 Å². The highest BCUT2D eigenvalue weighted by molar-refractivity contribution is 5.31. The zero-order valence-electron chi connectivity index (χ0n) is 9.74. The van der Waals surface area contributed by atoms with E-state index in [2.05, 4.69) is 18.3 Å². The molecule has 0 aliphatic heterocycles. The Morgan fingerprint density at radius 1 is 1.38 bits per heavy atom. The van der Waals surface area contributed by atoms with E-state index in [4.69, 9.17) is 5.26 Å². The van der Waals surface area contributed by atoms with Crippen LogP contribution >= 0.6 is 0 Å². The molecule has 1 fully saturated rings. The Balaban J connectivity index is 1.82. The molecule has 0 bridgehead atoms. The first-order chi connectivity index (χ1) is 7.79. The van der Waals surface area contributed by atoms with E-state index in [0.717, 1.165) is 18.0 Å². The van der Waals surface area contributed by atoms with Crippen LogP contribution in [0.2, 0.25) is 0 Å². The van der Waals surface area contributed by atoms with Crippen LogP contribution in [0.25, 0.3) is 0 Å². The third-order valence-electron chi connectivity index (χ3n) is 3.57. The van der Waals surface area contributed by atoms with Gasteiger partial charge in [0.2, 0.25) is 0 Å². The minimum Gasteiger partial charge on any atom is -0.310 e. The molecule has 1 aliphatic carbocycles. The van der Waals surface area contributed by atoms with Crippen molar-refractivity contribution in [1.82, 2.24) is 5.32 Å². The number of hydrogen-bond acceptors (Lipinski definition) is 2. The Morgan fingerprint density at radius 3 is 2.56 bits per heavy atom. The molecule has 1 unspecified atom stereocenters. The highest BCUT2D eigenvalue weighted by atomic mass is 14.9. The summed E-state index contributed by atoms with van der Waals surface area (Å²) in [5.41, 5.74) is 1.99. The molecule has 0 saturated heterocycles. The zero-order valence-corrected chi connectivity index (χ0v) is 9.74. The van der Waals surface area contributed by atoms with E-state index in [-0.39, 0.29) is 0 Å². The van der Waals surface area contributed by atoms with E-state index in [1.807, 2.05) is 24.3 Å². The molecule has 1 aromatic carbocycles. The average Bonchev–Trinajstić information content (AvgIpc) is 2.25. The van der Waals surface area contributed by atoms with E-state index < -0.39 is 0 Å². The molecule has 0 amide bonds. The second-order valence-electron chi connectivity index (χ2n) is 4.67. The summed E-state index contributed by atoms with van der Waals surface area (Å²) in [6.07, 6.45) is 4.15. The SMILES string of the molecule is CC(NCc1ccc(C#N)cc1)C1CCC1. The molecular formula is C14H18N2. The lowest BCUT2D eigenvalue weighted by atomic mass is 9.80. The maximum atomic E-state index is 8.69. The lowest BCUT2D eigenvalue weighted by Gasteiger charge is -2.32. The molecule has 2 nitrogen and oxygen atoms in total. The molecular weight excluding hydrogens is 196 g/mol. The Hall–Kier alpha value is -1.33. The van der Waals surface area contributed by atoms with Crippen LogP contribution in [0.4, 0.5) is 0 Å². The Bertz CT molecular complexity index is 371. The summed E-state index contributed by atoms with van der Waals surface area (Å²) in [5, 5.41) is 12.2. The second kappa shape index (κ2) is 5.14. The number of benzene rings is 1. The van der Waals surface area contributed by atoms with Gasteiger partial charge in [0.25, 0.3) is 0 Å². The molecule has 2 rings (SSSR count). The molecule has 16 heavy (non-hydrogen) atoms. The standard InChI is InChI=1S/C14H18N2/c1-11(14-3-2-4-14)16-10-13-7-5-12(9-15)6-8-13/h5-8,11,14,16H,2-4,10H2,1H3. The number of hydrogen-bond donors (Lipinski definition) is 1. The first kappa shape index (κ1) is 11.2. The van der Waals surface area contributed by atoms with E-state index in [9.17, 15) is 0 Å².